The van der Waals surface area contributed by atoms with Crippen LogP contribution in [-0.2, 0) is 41.5 Å². The lowest BCUT2D eigenvalue weighted by Crippen LogP contribution is -2.08. The van der Waals surface area contributed by atoms with Gasteiger partial charge in [0, 0.05) is 27.9 Å². The summed E-state index contributed by atoms with van der Waals surface area (Å²) in [5.41, 5.74) is 4.46. The second-order valence-electron chi connectivity index (χ2n) is 9.83. The van der Waals surface area contributed by atoms with E-state index in [-0.39, 0.29) is 18.8 Å². The predicted molar refractivity (Wildman–Crippen MR) is 162 cm³/mol. The number of aryl methyl sites for hydroxylation is 2. The Morgan fingerprint density at radius 3 is 1.83 bits per heavy atom. The lowest BCUT2D eigenvalue weighted by atomic mass is 9.95. The van der Waals surface area contributed by atoms with Crippen LogP contribution in [0.5, 0.6) is 11.5 Å². The van der Waals surface area contributed by atoms with Gasteiger partial charge in [-0.25, -0.2) is 14.4 Å². The molecule has 0 aliphatic heterocycles. The number of hydrogen-bond donors (Lipinski definition) is 0. The fourth-order valence-corrected chi connectivity index (χ4v) is 3.85. The van der Waals surface area contributed by atoms with Crippen molar-refractivity contribution in [2.24, 2.45) is 0 Å². The number of hydrogen-bond acceptors (Lipinski definition) is 8. The van der Waals surface area contributed by atoms with Gasteiger partial charge in [-0.2, -0.15) is 0 Å². The van der Waals surface area contributed by atoms with E-state index in [4.69, 9.17) is 18.9 Å². The zero-order valence-electron chi connectivity index (χ0n) is 24.7. The van der Waals surface area contributed by atoms with Crippen LogP contribution in [-0.4, -0.2) is 44.5 Å². The van der Waals surface area contributed by atoms with Gasteiger partial charge in [0.05, 0.1) is 20.3 Å². The van der Waals surface area contributed by atoms with E-state index >= 15 is 0 Å². The van der Waals surface area contributed by atoms with Gasteiger partial charge < -0.3 is 18.9 Å². The highest BCUT2D eigenvalue weighted by Gasteiger charge is 2.14. The van der Waals surface area contributed by atoms with E-state index in [1.807, 2.05) is 12.1 Å². The molecule has 8 nitrogen and oxygen atoms in total. The van der Waals surface area contributed by atoms with E-state index in [1.165, 1.54) is 0 Å². The number of rotatable bonds is 16. The Kier molecular flexibility index (Phi) is 13.2. The lowest BCUT2D eigenvalue weighted by molar-refractivity contribution is -0.139. The van der Waals surface area contributed by atoms with Crippen LogP contribution in [0.4, 0.5) is 0 Å². The molecule has 0 amide bonds. The maximum atomic E-state index is 12.2. The number of ether oxygens (including phenoxy) is 4. The Morgan fingerprint density at radius 2 is 1.33 bits per heavy atom. The van der Waals surface area contributed by atoms with Gasteiger partial charge in [0.2, 0.25) is 0 Å². The minimum Gasteiger partial charge on any atom is -0.496 e. The molecular weight excluding hydrogens is 536 g/mol. The third kappa shape index (κ3) is 10.4. The lowest BCUT2D eigenvalue weighted by Gasteiger charge is -2.16. The number of carbonyl (C=O) groups excluding carboxylic acids is 4. The van der Waals surface area contributed by atoms with Gasteiger partial charge in [0.1, 0.15) is 11.5 Å². The van der Waals surface area contributed by atoms with Crippen LogP contribution in [0.25, 0.3) is 11.6 Å². The largest absolute Gasteiger partial charge is 0.496 e. The fraction of sp³-hybridized carbons (Fsp3) is 0.294. The molecular formula is C34H38O8. The minimum absolute atomic E-state index is 0.211. The van der Waals surface area contributed by atoms with Crippen LogP contribution in [0, 0.1) is 0 Å². The van der Waals surface area contributed by atoms with Crippen LogP contribution < -0.4 is 9.47 Å². The third-order valence-corrected chi connectivity index (χ3v) is 6.01. The Morgan fingerprint density at radius 1 is 0.786 bits per heavy atom. The molecule has 0 heterocycles. The smallest absolute Gasteiger partial charge is 0.338 e. The highest BCUT2D eigenvalue weighted by molar-refractivity contribution is 6.13. The first-order valence-corrected chi connectivity index (χ1v) is 13.5. The van der Waals surface area contributed by atoms with E-state index < -0.39 is 17.9 Å². The summed E-state index contributed by atoms with van der Waals surface area (Å²) in [5, 5.41) is 0. The summed E-state index contributed by atoms with van der Waals surface area (Å²) in [6.07, 6.45) is 4.75. The predicted octanol–water partition coefficient (Wildman–Crippen LogP) is 6.02. The van der Waals surface area contributed by atoms with Crippen molar-refractivity contribution in [3.63, 3.8) is 0 Å². The zero-order valence-corrected chi connectivity index (χ0v) is 24.7. The van der Waals surface area contributed by atoms with E-state index in [0.29, 0.717) is 65.0 Å². The average Bonchev–Trinajstić information content (AvgIpc) is 2.96. The zero-order chi connectivity index (χ0) is 31.2. The standard InChI is InChI=1S/C34H38O8/c1-22(2)32(36)40-16-8-10-25-18-27(11-9-17-41-33(37)23(3)4)31(39-7)28(19-25)20-29(21-35)26-12-14-30(15-13-26)42-34(38)24(5)6/h12-15,18-21H,1,3,5,8-11,16-17H2,2,4,6-7H3/b29-20+. The Hall–Kier alpha value is -4.72. The highest BCUT2D eigenvalue weighted by atomic mass is 16.5. The molecule has 0 saturated heterocycles. The SMILES string of the molecule is C=C(C)C(=O)OCCCc1cc(/C=C(\C=O)c2ccc(OC(=O)C(=C)C)cc2)c(OC)c(CCCOC(=O)C(=C)C)c1. The first-order chi connectivity index (χ1) is 20.0. The molecule has 0 N–H and O–H groups in total. The van der Waals surface area contributed by atoms with E-state index in [0.717, 1.165) is 17.4 Å². The molecule has 0 atom stereocenters. The molecule has 0 aliphatic carbocycles. The van der Waals surface area contributed by atoms with Crippen molar-refractivity contribution in [1.82, 2.24) is 0 Å². The second kappa shape index (κ2) is 16.5. The molecule has 2 aromatic rings. The van der Waals surface area contributed by atoms with Crippen LogP contribution in [0.3, 0.4) is 0 Å². The van der Waals surface area contributed by atoms with Crippen LogP contribution >= 0.6 is 0 Å². The molecule has 0 radical (unpaired) electrons. The topological polar surface area (TPSA) is 105 Å². The molecule has 2 aromatic carbocycles. The summed E-state index contributed by atoms with van der Waals surface area (Å²) in [7, 11) is 1.55. The van der Waals surface area contributed by atoms with E-state index in [9.17, 15) is 19.2 Å². The number of esters is 3. The highest BCUT2D eigenvalue weighted by Crippen LogP contribution is 2.31. The van der Waals surface area contributed by atoms with Crippen LogP contribution in [0.1, 0.15) is 55.9 Å². The summed E-state index contributed by atoms with van der Waals surface area (Å²) in [5.74, 6) is -0.496. The van der Waals surface area contributed by atoms with Gasteiger partial charge in [-0.15, -0.1) is 0 Å². The summed E-state index contributed by atoms with van der Waals surface area (Å²) in [4.78, 5) is 47.5. The molecule has 222 valence electrons. The quantitative estimate of drug-likeness (QED) is 0.0599. The summed E-state index contributed by atoms with van der Waals surface area (Å²) < 4.78 is 21.5. The van der Waals surface area contributed by atoms with Crippen molar-refractivity contribution in [1.29, 1.82) is 0 Å². The molecule has 0 aliphatic rings. The molecule has 0 fully saturated rings. The van der Waals surface area contributed by atoms with Crippen LogP contribution in [0.2, 0.25) is 0 Å². The van der Waals surface area contributed by atoms with Crippen molar-refractivity contribution < 1.29 is 38.1 Å². The average molecular weight is 575 g/mol. The van der Waals surface area contributed by atoms with E-state index in [1.54, 1.807) is 58.2 Å². The van der Waals surface area contributed by atoms with Gasteiger partial charge in [0.25, 0.3) is 0 Å². The summed E-state index contributed by atoms with van der Waals surface area (Å²) in [6.45, 7) is 15.9. The maximum absolute atomic E-state index is 12.2. The Bertz CT molecular complexity index is 1380. The van der Waals surface area contributed by atoms with E-state index in [2.05, 4.69) is 19.7 Å². The number of methoxy groups -OCH3 is 1. The number of benzene rings is 2. The first kappa shape index (κ1) is 33.5. The van der Waals surface area contributed by atoms with Crippen molar-refractivity contribution >= 4 is 35.8 Å². The number of aldehydes is 1. The molecule has 0 aromatic heterocycles. The minimum atomic E-state index is -0.535. The fourth-order valence-electron chi connectivity index (χ4n) is 3.85. The molecule has 2 rings (SSSR count). The third-order valence-electron chi connectivity index (χ3n) is 6.01. The van der Waals surface area contributed by atoms with Gasteiger partial charge in [-0.3, -0.25) is 4.79 Å². The Labute approximate surface area is 247 Å². The van der Waals surface area contributed by atoms with Crippen LogP contribution in [0.15, 0.2) is 72.9 Å². The summed E-state index contributed by atoms with van der Waals surface area (Å²) >= 11 is 0. The Balaban J connectivity index is 2.38. The molecule has 42 heavy (non-hydrogen) atoms. The maximum Gasteiger partial charge on any atom is 0.338 e. The first-order valence-electron chi connectivity index (χ1n) is 13.5. The molecule has 0 unspecified atom stereocenters. The monoisotopic (exact) mass is 574 g/mol. The number of carbonyl (C=O) groups is 4. The van der Waals surface area contributed by atoms with Crippen molar-refractivity contribution in [3.05, 3.63) is 95.1 Å². The summed E-state index contributed by atoms with van der Waals surface area (Å²) in [6, 6.07) is 10.5. The van der Waals surface area contributed by atoms with Gasteiger partial charge in [0.15, 0.2) is 6.29 Å². The molecule has 0 bridgehead atoms. The van der Waals surface area contributed by atoms with Crippen molar-refractivity contribution in [2.45, 2.75) is 46.5 Å². The van der Waals surface area contributed by atoms with Crippen molar-refractivity contribution in [3.8, 4) is 11.5 Å². The number of allylic oxidation sites excluding steroid dienone is 1. The second-order valence-corrected chi connectivity index (χ2v) is 9.83. The molecule has 0 saturated carbocycles. The van der Waals surface area contributed by atoms with Crippen molar-refractivity contribution in [2.75, 3.05) is 20.3 Å². The molecule has 8 heteroatoms. The van der Waals surface area contributed by atoms with Gasteiger partial charge in [-0.05, 0) is 87.4 Å². The normalized spacial score (nSPS) is 10.8. The van der Waals surface area contributed by atoms with Gasteiger partial charge in [-0.1, -0.05) is 37.9 Å². The van der Waals surface area contributed by atoms with Gasteiger partial charge >= 0.3 is 17.9 Å². The molecule has 0 spiro atoms.